The average molecular weight is 310 g/mol. The number of ether oxygens (including phenoxy) is 1. The number of aryl methyl sites for hydroxylation is 1. The highest BCUT2D eigenvalue weighted by molar-refractivity contribution is 7.89. The normalized spacial score (nSPS) is 11.5. The van der Waals surface area contributed by atoms with Crippen molar-refractivity contribution >= 4 is 15.7 Å². The number of hydrogen-bond donors (Lipinski definition) is 2. The summed E-state index contributed by atoms with van der Waals surface area (Å²) in [5.74, 6) is 0.512. The number of benzene rings is 1. The molecule has 7 nitrogen and oxygen atoms in total. The molecule has 21 heavy (non-hydrogen) atoms. The molecule has 0 aliphatic rings. The van der Waals surface area contributed by atoms with E-state index in [1.807, 2.05) is 13.1 Å². The topological polar surface area (TPSA) is 99.2 Å². The van der Waals surface area contributed by atoms with Crippen molar-refractivity contribution in [3.63, 3.8) is 0 Å². The van der Waals surface area contributed by atoms with E-state index >= 15 is 0 Å². The molecule has 0 radical (unpaired) electrons. The molecule has 3 N–H and O–H groups in total. The van der Waals surface area contributed by atoms with Gasteiger partial charge in [0.05, 0.1) is 25.5 Å². The molecular formula is C13H18N4O3S. The van der Waals surface area contributed by atoms with Gasteiger partial charge in [0.2, 0.25) is 10.0 Å². The molecule has 8 heteroatoms. The van der Waals surface area contributed by atoms with Crippen LogP contribution in [0.3, 0.4) is 0 Å². The van der Waals surface area contributed by atoms with Crippen LogP contribution in [0.1, 0.15) is 5.56 Å². The highest BCUT2D eigenvalue weighted by Gasteiger charge is 2.17. The summed E-state index contributed by atoms with van der Waals surface area (Å²) in [5, 5.41) is 4.09. The van der Waals surface area contributed by atoms with E-state index in [9.17, 15) is 8.42 Å². The van der Waals surface area contributed by atoms with Gasteiger partial charge in [-0.1, -0.05) is 0 Å². The highest BCUT2D eigenvalue weighted by Crippen LogP contribution is 2.23. The Labute approximate surface area is 123 Å². The minimum atomic E-state index is -3.65. The molecule has 0 amide bonds. The zero-order valence-electron chi connectivity index (χ0n) is 11.9. The summed E-state index contributed by atoms with van der Waals surface area (Å²) in [6, 6.07) is 4.46. The van der Waals surface area contributed by atoms with Gasteiger partial charge in [-0.25, -0.2) is 13.1 Å². The van der Waals surface area contributed by atoms with Crippen molar-refractivity contribution in [2.24, 2.45) is 0 Å². The number of sulfonamides is 1. The van der Waals surface area contributed by atoms with Gasteiger partial charge in [0.1, 0.15) is 10.6 Å². The largest absolute Gasteiger partial charge is 0.497 e. The molecule has 0 aliphatic heterocycles. The van der Waals surface area contributed by atoms with E-state index in [1.165, 1.54) is 19.2 Å². The monoisotopic (exact) mass is 310 g/mol. The quantitative estimate of drug-likeness (QED) is 0.767. The molecule has 0 saturated carbocycles. The van der Waals surface area contributed by atoms with Crippen LogP contribution in [0.2, 0.25) is 0 Å². The fraction of sp³-hybridized carbons (Fsp3) is 0.308. The Bertz CT molecular complexity index is 725. The van der Waals surface area contributed by atoms with Gasteiger partial charge in [0, 0.05) is 18.8 Å². The van der Waals surface area contributed by atoms with E-state index in [0.717, 1.165) is 5.56 Å². The van der Waals surface area contributed by atoms with Crippen molar-refractivity contribution < 1.29 is 13.2 Å². The zero-order valence-corrected chi connectivity index (χ0v) is 12.7. The van der Waals surface area contributed by atoms with Crippen LogP contribution in [-0.2, 0) is 16.6 Å². The Hall–Kier alpha value is -2.06. The number of anilines is 1. The van der Waals surface area contributed by atoms with Gasteiger partial charge in [-0.3, -0.25) is 4.68 Å². The Morgan fingerprint density at radius 1 is 1.43 bits per heavy atom. The summed E-state index contributed by atoms with van der Waals surface area (Å²) in [7, 11) is -2.16. The lowest BCUT2D eigenvalue weighted by Gasteiger charge is -2.10. The van der Waals surface area contributed by atoms with Gasteiger partial charge in [-0.15, -0.1) is 0 Å². The number of nitrogens with zero attached hydrogens (tertiary/aromatic N) is 2. The van der Waals surface area contributed by atoms with Gasteiger partial charge >= 0.3 is 0 Å². The molecule has 0 aliphatic carbocycles. The van der Waals surface area contributed by atoms with Gasteiger partial charge in [-0.2, -0.15) is 5.10 Å². The minimum absolute atomic E-state index is 0.0416. The maximum Gasteiger partial charge on any atom is 0.242 e. The minimum Gasteiger partial charge on any atom is -0.497 e. The van der Waals surface area contributed by atoms with Crippen molar-refractivity contribution in [2.75, 3.05) is 19.4 Å². The summed E-state index contributed by atoms with van der Waals surface area (Å²) >= 11 is 0. The molecule has 0 saturated heterocycles. The Kier molecular flexibility index (Phi) is 4.49. The van der Waals surface area contributed by atoms with Crippen molar-refractivity contribution in [1.29, 1.82) is 0 Å². The van der Waals surface area contributed by atoms with Crippen molar-refractivity contribution in [3.05, 3.63) is 36.2 Å². The molecule has 0 unspecified atom stereocenters. The van der Waals surface area contributed by atoms with E-state index in [0.29, 0.717) is 12.3 Å². The van der Waals surface area contributed by atoms with Gasteiger partial charge in [-0.05, 0) is 24.6 Å². The molecule has 114 valence electrons. The number of nitrogen functional groups attached to an aromatic ring is 1. The predicted molar refractivity (Wildman–Crippen MR) is 79.6 cm³/mol. The van der Waals surface area contributed by atoms with Crippen molar-refractivity contribution in [2.45, 2.75) is 18.4 Å². The van der Waals surface area contributed by atoms with Crippen LogP contribution in [-0.4, -0.2) is 31.9 Å². The maximum atomic E-state index is 12.2. The first kappa shape index (κ1) is 15.3. The molecule has 0 spiro atoms. The third-order valence-corrected chi connectivity index (χ3v) is 4.44. The Morgan fingerprint density at radius 2 is 2.19 bits per heavy atom. The Balaban J connectivity index is 2.04. The predicted octanol–water partition coefficient (Wildman–Crippen LogP) is 0.761. The number of rotatable bonds is 6. The van der Waals surface area contributed by atoms with E-state index < -0.39 is 10.0 Å². The van der Waals surface area contributed by atoms with Crippen LogP contribution < -0.4 is 15.2 Å². The second-order valence-electron chi connectivity index (χ2n) is 4.58. The van der Waals surface area contributed by atoms with Gasteiger partial charge in [0.25, 0.3) is 0 Å². The second kappa shape index (κ2) is 6.15. The van der Waals surface area contributed by atoms with E-state index in [1.54, 1.807) is 16.9 Å². The molecule has 0 fully saturated rings. The molecular weight excluding hydrogens is 292 g/mol. The van der Waals surface area contributed by atoms with E-state index in [4.69, 9.17) is 10.5 Å². The van der Waals surface area contributed by atoms with Crippen LogP contribution in [0.4, 0.5) is 5.69 Å². The number of nitrogens with two attached hydrogens (primary N) is 1. The van der Waals surface area contributed by atoms with Crippen molar-refractivity contribution in [1.82, 2.24) is 14.5 Å². The summed E-state index contributed by atoms with van der Waals surface area (Å²) < 4.78 is 33.5. The van der Waals surface area contributed by atoms with Gasteiger partial charge in [0.15, 0.2) is 0 Å². The standard InChI is InChI=1S/C13H18N4O3S/c1-10-8-15-17(9-10)6-5-16-21(18,19)13-4-3-11(20-2)7-12(13)14/h3-4,7-9,16H,5-6,14H2,1-2H3. The van der Waals surface area contributed by atoms with E-state index in [2.05, 4.69) is 9.82 Å². The van der Waals surface area contributed by atoms with Crippen LogP contribution in [0.25, 0.3) is 0 Å². The van der Waals surface area contributed by atoms with Crippen LogP contribution in [0, 0.1) is 6.92 Å². The Morgan fingerprint density at radius 3 is 2.76 bits per heavy atom. The molecule has 2 aromatic rings. The maximum absolute atomic E-state index is 12.2. The molecule has 2 rings (SSSR count). The van der Waals surface area contributed by atoms with Crippen LogP contribution in [0.5, 0.6) is 5.75 Å². The van der Waals surface area contributed by atoms with Crippen LogP contribution in [0.15, 0.2) is 35.5 Å². The summed E-state index contributed by atoms with van der Waals surface area (Å²) in [4.78, 5) is 0.0416. The average Bonchev–Trinajstić information content (AvgIpc) is 2.83. The molecule has 1 heterocycles. The third kappa shape index (κ3) is 3.73. The summed E-state index contributed by atoms with van der Waals surface area (Å²) in [6.07, 6.45) is 3.56. The van der Waals surface area contributed by atoms with Crippen molar-refractivity contribution in [3.8, 4) is 5.75 Å². The zero-order chi connectivity index (χ0) is 15.5. The van der Waals surface area contributed by atoms with Gasteiger partial charge < -0.3 is 10.5 Å². The lowest BCUT2D eigenvalue weighted by atomic mass is 10.3. The smallest absolute Gasteiger partial charge is 0.242 e. The first-order valence-electron chi connectivity index (χ1n) is 6.34. The second-order valence-corrected chi connectivity index (χ2v) is 6.32. The lowest BCUT2D eigenvalue weighted by molar-refractivity contribution is 0.414. The molecule has 0 atom stereocenters. The number of aromatic nitrogens is 2. The SMILES string of the molecule is COc1ccc(S(=O)(=O)NCCn2cc(C)cn2)c(N)c1. The third-order valence-electron chi connectivity index (χ3n) is 2.90. The van der Waals surface area contributed by atoms with Crippen LogP contribution >= 0.6 is 0 Å². The van der Waals surface area contributed by atoms with E-state index in [-0.39, 0.29) is 17.1 Å². The molecule has 0 bridgehead atoms. The first-order valence-corrected chi connectivity index (χ1v) is 7.83. The number of hydrogen-bond acceptors (Lipinski definition) is 5. The first-order chi connectivity index (χ1) is 9.92. The fourth-order valence-corrected chi connectivity index (χ4v) is 2.99. The molecule has 1 aromatic carbocycles. The molecule has 1 aromatic heterocycles. The number of methoxy groups -OCH3 is 1. The fourth-order valence-electron chi connectivity index (χ4n) is 1.86. The lowest BCUT2D eigenvalue weighted by Crippen LogP contribution is -2.28. The number of nitrogens with one attached hydrogen (secondary N) is 1. The summed E-state index contributed by atoms with van der Waals surface area (Å²) in [5.41, 5.74) is 6.93. The summed E-state index contributed by atoms with van der Waals surface area (Å²) in [6.45, 7) is 2.60. The highest BCUT2D eigenvalue weighted by atomic mass is 32.2.